The minimum absolute atomic E-state index is 0.0432. The fourth-order valence-electron chi connectivity index (χ4n) is 4.50. The largest absolute Gasteiger partial charge is 0.489 e. The second-order valence-corrected chi connectivity index (χ2v) is 8.33. The molecule has 7 nitrogen and oxygen atoms in total. The monoisotopic (exact) mass is 437 g/mol. The first-order valence-corrected chi connectivity index (χ1v) is 11.3. The van der Waals surface area contributed by atoms with Crippen LogP contribution >= 0.6 is 0 Å². The SMILES string of the molecule is CNC(=O)c1cc(C(=O)NCCCC2CNCCO2)cc2c1O[C@H](C)[C@H]2c1ccccc1. The van der Waals surface area contributed by atoms with Gasteiger partial charge in [-0.15, -0.1) is 0 Å². The third kappa shape index (κ3) is 4.79. The summed E-state index contributed by atoms with van der Waals surface area (Å²) in [6.45, 7) is 5.03. The van der Waals surface area contributed by atoms with Gasteiger partial charge in [0, 0.05) is 43.7 Å². The third-order valence-corrected chi connectivity index (χ3v) is 6.11. The number of ether oxygens (including phenoxy) is 2. The van der Waals surface area contributed by atoms with Gasteiger partial charge in [0.05, 0.1) is 18.3 Å². The van der Waals surface area contributed by atoms with E-state index in [0.29, 0.717) is 23.4 Å². The lowest BCUT2D eigenvalue weighted by Gasteiger charge is -2.23. The van der Waals surface area contributed by atoms with Crippen molar-refractivity contribution in [3.8, 4) is 5.75 Å². The van der Waals surface area contributed by atoms with Gasteiger partial charge in [0.2, 0.25) is 0 Å². The van der Waals surface area contributed by atoms with Crippen molar-refractivity contribution in [2.45, 2.75) is 37.9 Å². The summed E-state index contributed by atoms with van der Waals surface area (Å²) >= 11 is 0. The molecular weight excluding hydrogens is 406 g/mol. The molecular formula is C25H31N3O4. The smallest absolute Gasteiger partial charge is 0.254 e. The normalized spacial score (nSPS) is 22.0. The van der Waals surface area contributed by atoms with Crippen LogP contribution < -0.4 is 20.7 Å². The van der Waals surface area contributed by atoms with E-state index in [1.165, 1.54) is 0 Å². The average molecular weight is 438 g/mol. The Morgan fingerprint density at radius 1 is 1.16 bits per heavy atom. The molecule has 0 radical (unpaired) electrons. The van der Waals surface area contributed by atoms with Gasteiger partial charge >= 0.3 is 0 Å². The van der Waals surface area contributed by atoms with Gasteiger partial charge in [0.25, 0.3) is 11.8 Å². The Bertz CT molecular complexity index is 957. The quantitative estimate of drug-likeness (QED) is 0.579. The number of carbonyl (C=O) groups excluding carboxylic acids is 2. The Morgan fingerprint density at radius 3 is 2.69 bits per heavy atom. The summed E-state index contributed by atoms with van der Waals surface area (Å²) in [5, 5.41) is 8.97. The summed E-state index contributed by atoms with van der Waals surface area (Å²) in [5.41, 5.74) is 2.83. The van der Waals surface area contributed by atoms with Crippen LogP contribution in [-0.4, -0.2) is 57.3 Å². The fraction of sp³-hybridized carbons (Fsp3) is 0.440. The number of nitrogens with one attached hydrogen (secondary N) is 3. The Morgan fingerprint density at radius 2 is 1.97 bits per heavy atom. The molecule has 1 saturated heterocycles. The Hall–Kier alpha value is -2.90. The summed E-state index contributed by atoms with van der Waals surface area (Å²) in [5.74, 6) is 0.0632. The average Bonchev–Trinajstić information content (AvgIpc) is 3.17. The van der Waals surface area contributed by atoms with E-state index in [2.05, 4.69) is 16.0 Å². The van der Waals surface area contributed by atoms with E-state index in [9.17, 15) is 9.59 Å². The van der Waals surface area contributed by atoms with Gasteiger partial charge in [-0.1, -0.05) is 30.3 Å². The standard InChI is InChI=1S/C25H31N3O4/c1-16-22(17-7-4-3-5-8-17)20-13-18(14-21(23(20)32-16)25(30)26-2)24(29)28-10-6-9-19-15-27-11-12-31-19/h3-5,7-8,13-14,16,19,22,27H,6,9-12,15H2,1-2H3,(H,26,30)(H,28,29)/t16-,19?,22+/m1/s1. The molecule has 32 heavy (non-hydrogen) atoms. The number of hydrogen-bond donors (Lipinski definition) is 3. The number of benzene rings is 2. The summed E-state index contributed by atoms with van der Waals surface area (Å²) in [6, 6.07) is 13.5. The number of fused-ring (bicyclic) bond motifs is 1. The molecule has 0 spiro atoms. The van der Waals surface area contributed by atoms with Gasteiger partial charge in [-0.3, -0.25) is 9.59 Å². The number of carbonyl (C=O) groups is 2. The minimum atomic E-state index is -0.265. The van der Waals surface area contributed by atoms with Crippen LogP contribution in [0.2, 0.25) is 0 Å². The predicted octanol–water partition coefficient (Wildman–Crippen LogP) is 2.46. The van der Waals surface area contributed by atoms with E-state index in [4.69, 9.17) is 9.47 Å². The second-order valence-electron chi connectivity index (χ2n) is 8.33. The lowest BCUT2D eigenvalue weighted by atomic mass is 9.87. The summed E-state index contributed by atoms with van der Waals surface area (Å²) in [4.78, 5) is 25.5. The van der Waals surface area contributed by atoms with Crippen molar-refractivity contribution in [1.82, 2.24) is 16.0 Å². The second kappa shape index (κ2) is 10.1. The molecule has 2 amide bonds. The first kappa shape index (κ1) is 22.3. The van der Waals surface area contributed by atoms with Crippen molar-refractivity contribution in [2.75, 3.05) is 33.3 Å². The molecule has 0 bridgehead atoms. The molecule has 0 aliphatic carbocycles. The highest BCUT2D eigenvalue weighted by Gasteiger charge is 2.36. The van der Waals surface area contributed by atoms with E-state index in [1.54, 1.807) is 13.1 Å². The van der Waals surface area contributed by atoms with Crippen molar-refractivity contribution < 1.29 is 19.1 Å². The maximum atomic E-state index is 13.0. The highest BCUT2D eigenvalue weighted by molar-refractivity contribution is 6.02. The van der Waals surface area contributed by atoms with E-state index in [0.717, 1.165) is 43.7 Å². The highest BCUT2D eigenvalue weighted by atomic mass is 16.5. The highest BCUT2D eigenvalue weighted by Crippen LogP contribution is 2.44. The minimum Gasteiger partial charge on any atom is -0.489 e. The van der Waals surface area contributed by atoms with Crippen LogP contribution in [0.5, 0.6) is 5.75 Å². The molecule has 0 aromatic heterocycles. The molecule has 4 rings (SSSR count). The molecule has 7 heteroatoms. The molecule has 3 atom stereocenters. The number of amides is 2. The van der Waals surface area contributed by atoms with Gasteiger partial charge in [0.15, 0.2) is 0 Å². The van der Waals surface area contributed by atoms with Crippen LogP contribution in [0.3, 0.4) is 0 Å². The molecule has 3 N–H and O–H groups in total. The molecule has 2 heterocycles. The van der Waals surface area contributed by atoms with Crippen LogP contribution in [0.25, 0.3) is 0 Å². The van der Waals surface area contributed by atoms with Crippen molar-refractivity contribution in [1.29, 1.82) is 0 Å². The number of morpholine rings is 1. The van der Waals surface area contributed by atoms with Gasteiger partial charge in [-0.05, 0) is 37.5 Å². The van der Waals surface area contributed by atoms with Crippen LogP contribution in [0.4, 0.5) is 0 Å². The topological polar surface area (TPSA) is 88.7 Å². The van der Waals surface area contributed by atoms with Gasteiger partial charge in [0.1, 0.15) is 11.9 Å². The fourth-order valence-corrected chi connectivity index (χ4v) is 4.50. The van der Waals surface area contributed by atoms with Crippen molar-refractivity contribution in [3.05, 3.63) is 64.7 Å². The van der Waals surface area contributed by atoms with Gasteiger partial charge in [-0.2, -0.15) is 0 Å². The first-order valence-electron chi connectivity index (χ1n) is 11.3. The van der Waals surface area contributed by atoms with E-state index in [-0.39, 0.29) is 29.9 Å². The molecule has 1 fully saturated rings. The zero-order valence-corrected chi connectivity index (χ0v) is 18.6. The lowest BCUT2D eigenvalue weighted by molar-refractivity contribution is 0.0225. The molecule has 2 aromatic carbocycles. The number of hydrogen-bond acceptors (Lipinski definition) is 5. The predicted molar refractivity (Wildman–Crippen MR) is 122 cm³/mol. The Labute approximate surface area is 188 Å². The van der Waals surface area contributed by atoms with E-state index >= 15 is 0 Å². The van der Waals surface area contributed by atoms with Crippen molar-refractivity contribution in [3.63, 3.8) is 0 Å². The molecule has 2 aromatic rings. The van der Waals surface area contributed by atoms with E-state index < -0.39 is 0 Å². The maximum Gasteiger partial charge on any atom is 0.254 e. The number of rotatable bonds is 7. The summed E-state index contributed by atoms with van der Waals surface area (Å²) in [6.07, 6.45) is 1.78. The first-order chi connectivity index (χ1) is 15.6. The van der Waals surface area contributed by atoms with Gasteiger partial charge in [-0.25, -0.2) is 0 Å². The summed E-state index contributed by atoms with van der Waals surface area (Å²) < 4.78 is 11.8. The molecule has 2 aliphatic heterocycles. The molecule has 170 valence electrons. The third-order valence-electron chi connectivity index (χ3n) is 6.11. The lowest BCUT2D eigenvalue weighted by Crippen LogP contribution is -2.38. The summed E-state index contributed by atoms with van der Waals surface area (Å²) in [7, 11) is 1.58. The van der Waals surface area contributed by atoms with E-state index in [1.807, 2.05) is 43.3 Å². The molecule has 1 unspecified atom stereocenters. The van der Waals surface area contributed by atoms with Crippen LogP contribution in [0.15, 0.2) is 42.5 Å². The molecule has 0 saturated carbocycles. The Balaban J connectivity index is 1.53. The van der Waals surface area contributed by atoms with Gasteiger partial charge < -0.3 is 25.4 Å². The van der Waals surface area contributed by atoms with Crippen LogP contribution in [0.1, 0.15) is 57.5 Å². The van der Waals surface area contributed by atoms with Crippen molar-refractivity contribution >= 4 is 11.8 Å². The van der Waals surface area contributed by atoms with Crippen LogP contribution in [-0.2, 0) is 4.74 Å². The van der Waals surface area contributed by atoms with Crippen molar-refractivity contribution in [2.24, 2.45) is 0 Å². The Kier molecular flexibility index (Phi) is 7.07. The molecule has 2 aliphatic rings. The zero-order chi connectivity index (χ0) is 22.5. The zero-order valence-electron chi connectivity index (χ0n) is 18.6. The maximum absolute atomic E-state index is 13.0. The van der Waals surface area contributed by atoms with Crippen LogP contribution in [0, 0.1) is 0 Å².